The van der Waals surface area contributed by atoms with Crippen molar-refractivity contribution in [2.45, 2.75) is 25.0 Å². The van der Waals surface area contributed by atoms with Crippen LogP contribution < -0.4 is 4.90 Å². The van der Waals surface area contributed by atoms with Gasteiger partial charge in [-0.25, -0.2) is 14.4 Å². The number of anilines is 1. The van der Waals surface area contributed by atoms with Gasteiger partial charge in [-0.1, -0.05) is 30.3 Å². The molecule has 1 aromatic heterocycles. The summed E-state index contributed by atoms with van der Waals surface area (Å²) in [5, 5.41) is 0. The Morgan fingerprint density at radius 1 is 1.05 bits per heavy atom. The van der Waals surface area contributed by atoms with Gasteiger partial charge in [0, 0.05) is 31.7 Å². The zero-order valence-electron chi connectivity index (χ0n) is 11.7. The molecule has 0 spiro atoms. The summed E-state index contributed by atoms with van der Waals surface area (Å²) in [4.78, 5) is 13.0. The van der Waals surface area contributed by atoms with Crippen LogP contribution in [0.2, 0.25) is 0 Å². The molecule has 4 rings (SSSR count). The normalized spacial score (nSPS) is 24.7. The van der Waals surface area contributed by atoms with Crippen LogP contribution >= 0.6 is 0 Å². The van der Waals surface area contributed by atoms with Gasteiger partial charge >= 0.3 is 0 Å². The largest absolute Gasteiger partial charge is 0.335 e. The number of likely N-dealkylation sites (tertiary alicyclic amines) is 1. The summed E-state index contributed by atoms with van der Waals surface area (Å²) < 4.78 is 12.9. The third kappa shape index (κ3) is 2.38. The molecule has 0 unspecified atom stereocenters. The highest BCUT2D eigenvalue weighted by molar-refractivity contribution is 5.36. The number of piperazine rings is 1. The maximum absolute atomic E-state index is 12.9. The van der Waals surface area contributed by atoms with Crippen LogP contribution in [0.4, 0.5) is 10.3 Å². The molecule has 3 heterocycles. The second kappa shape index (κ2) is 5.07. The van der Waals surface area contributed by atoms with Crippen molar-refractivity contribution >= 4 is 5.95 Å². The van der Waals surface area contributed by atoms with Crippen LogP contribution in [0.1, 0.15) is 12.0 Å². The molecule has 0 aliphatic carbocycles. The number of hydrogen-bond donors (Lipinski definition) is 0. The minimum atomic E-state index is -0.381. The van der Waals surface area contributed by atoms with E-state index >= 15 is 0 Å². The maximum atomic E-state index is 12.9. The number of rotatable bonds is 3. The molecule has 1 aromatic carbocycles. The number of aromatic nitrogens is 2. The van der Waals surface area contributed by atoms with E-state index in [1.165, 1.54) is 18.0 Å². The zero-order chi connectivity index (χ0) is 14.2. The fourth-order valence-corrected chi connectivity index (χ4v) is 3.46. The first-order valence-electron chi connectivity index (χ1n) is 7.32. The van der Waals surface area contributed by atoms with Gasteiger partial charge in [-0.2, -0.15) is 0 Å². The van der Waals surface area contributed by atoms with Gasteiger partial charge in [0.25, 0.3) is 0 Å². The van der Waals surface area contributed by atoms with E-state index in [0.717, 1.165) is 26.1 Å². The predicted molar refractivity (Wildman–Crippen MR) is 78.4 cm³/mol. The molecule has 4 nitrogen and oxygen atoms in total. The second-order valence-corrected chi connectivity index (χ2v) is 5.81. The fraction of sp³-hybridized carbons (Fsp3) is 0.375. The predicted octanol–water partition coefficient (Wildman–Crippen LogP) is 2.08. The van der Waals surface area contributed by atoms with E-state index in [-0.39, 0.29) is 5.82 Å². The lowest BCUT2D eigenvalue weighted by Crippen LogP contribution is -2.46. The van der Waals surface area contributed by atoms with Crippen molar-refractivity contribution < 1.29 is 4.39 Å². The molecule has 21 heavy (non-hydrogen) atoms. The molecule has 2 atom stereocenters. The maximum Gasteiger partial charge on any atom is 0.225 e. The summed E-state index contributed by atoms with van der Waals surface area (Å²) in [5.41, 5.74) is 1.36. The molecule has 2 aliphatic heterocycles. The molecule has 2 fully saturated rings. The molecule has 0 amide bonds. The first-order chi connectivity index (χ1) is 10.3. The molecule has 0 radical (unpaired) electrons. The van der Waals surface area contributed by atoms with Crippen LogP contribution in [0.15, 0.2) is 42.7 Å². The lowest BCUT2D eigenvalue weighted by Gasteiger charge is -2.34. The summed E-state index contributed by atoms with van der Waals surface area (Å²) in [6.07, 6.45) is 3.64. The minimum absolute atomic E-state index is 0.381. The van der Waals surface area contributed by atoms with Crippen LogP contribution in [-0.2, 0) is 6.54 Å². The van der Waals surface area contributed by atoms with E-state index in [1.807, 2.05) is 6.07 Å². The molecule has 0 N–H and O–H groups in total. The Morgan fingerprint density at radius 2 is 1.81 bits per heavy atom. The summed E-state index contributed by atoms with van der Waals surface area (Å²) in [7, 11) is 0. The van der Waals surface area contributed by atoms with Crippen LogP contribution in [0.5, 0.6) is 0 Å². The molecule has 5 heteroatoms. The number of benzene rings is 1. The first kappa shape index (κ1) is 12.7. The third-order valence-electron chi connectivity index (χ3n) is 4.45. The Kier molecular flexibility index (Phi) is 3.07. The standard InChI is InChI=1S/C16H17FN4/c17-13-7-18-16(19-8-13)21-11-14-6-15(21)10-20(14)9-12-4-2-1-3-5-12/h1-5,7-8,14-15H,6,9-11H2/t14-,15-/m0/s1. The SMILES string of the molecule is Fc1cnc(N2C[C@@H]3C[C@H]2CN3Cc2ccccc2)nc1. The number of hydrogen-bond acceptors (Lipinski definition) is 4. The van der Waals surface area contributed by atoms with E-state index in [2.05, 4.69) is 44.0 Å². The van der Waals surface area contributed by atoms with E-state index in [1.54, 1.807) is 0 Å². The van der Waals surface area contributed by atoms with Gasteiger partial charge in [0.05, 0.1) is 12.4 Å². The Hall–Kier alpha value is -2.01. The lowest BCUT2D eigenvalue weighted by atomic mass is 10.2. The molecule has 2 aromatic rings. The molecule has 2 saturated heterocycles. The number of halogens is 1. The third-order valence-corrected chi connectivity index (χ3v) is 4.45. The highest BCUT2D eigenvalue weighted by Crippen LogP contribution is 2.33. The highest BCUT2D eigenvalue weighted by atomic mass is 19.1. The topological polar surface area (TPSA) is 32.3 Å². The van der Waals surface area contributed by atoms with E-state index < -0.39 is 0 Å². The molecule has 0 saturated carbocycles. The van der Waals surface area contributed by atoms with Gasteiger partial charge in [0.15, 0.2) is 5.82 Å². The average Bonchev–Trinajstić information content (AvgIpc) is 3.09. The monoisotopic (exact) mass is 284 g/mol. The van der Waals surface area contributed by atoms with Crippen molar-refractivity contribution in [1.82, 2.24) is 14.9 Å². The van der Waals surface area contributed by atoms with Gasteiger partial charge in [0.2, 0.25) is 5.95 Å². The van der Waals surface area contributed by atoms with Gasteiger partial charge in [-0.05, 0) is 12.0 Å². The molecule has 2 aliphatic rings. The minimum Gasteiger partial charge on any atom is -0.335 e. The summed E-state index contributed by atoms with van der Waals surface area (Å²) in [6.45, 7) is 2.96. The van der Waals surface area contributed by atoms with Gasteiger partial charge in [0.1, 0.15) is 0 Å². The van der Waals surface area contributed by atoms with Crippen LogP contribution in [0, 0.1) is 5.82 Å². The van der Waals surface area contributed by atoms with Crippen molar-refractivity contribution in [3.63, 3.8) is 0 Å². The van der Waals surface area contributed by atoms with Crippen LogP contribution in [0.25, 0.3) is 0 Å². The van der Waals surface area contributed by atoms with Crippen molar-refractivity contribution in [3.05, 3.63) is 54.1 Å². The van der Waals surface area contributed by atoms with Crippen LogP contribution in [-0.4, -0.2) is 40.0 Å². The van der Waals surface area contributed by atoms with Crippen LogP contribution in [0.3, 0.4) is 0 Å². The molecular weight excluding hydrogens is 267 g/mol. The molecule has 2 bridgehead atoms. The summed E-state index contributed by atoms with van der Waals surface area (Å²) >= 11 is 0. The zero-order valence-corrected chi connectivity index (χ0v) is 11.7. The Labute approximate surface area is 123 Å². The van der Waals surface area contributed by atoms with Crippen molar-refractivity contribution in [1.29, 1.82) is 0 Å². The average molecular weight is 284 g/mol. The first-order valence-corrected chi connectivity index (χ1v) is 7.32. The fourth-order valence-electron chi connectivity index (χ4n) is 3.46. The smallest absolute Gasteiger partial charge is 0.225 e. The van der Waals surface area contributed by atoms with Crippen molar-refractivity contribution in [2.75, 3.05) is 18.0 Å². The van der Waals surface area contributed by atoms with Gasteiger partial charge in [-0.3, -0.25) is 4.90 Å². The summed E-state index contributed by atoms with van der Waals surface area (Å²) in [6, 6.07) is 11.6. The van der Waals surface area contributed by atoms with E-state index in [9.17, 15) is 4.39 Å². The Morgan fingerprint density at radius 3 is 2.48 bits per heavy atom. The number of nitrogens with zero attached hydrogens (tertiary/aromatic N) is 4. The highest BCUT2D eigenvalue weighted by Gasteiger charge is 2.43. The molecule has 108 valence electrons. The lowest BCUT2D eigenvalue weighted by molar-refractivity contribution is 0.229. The van der Waals surface area contributed by atoms with Gasteiger partial charge < -0.3 is 4.90 Å². The summed E-state index contributed by atoms with van der Waals surface area (Å²) in [5.74, 6) is 0.275. The van der Waals surface area contributed by atoms with E-state index in [4.69, 9.17) is 0 Å². The van der Waals surface area contributed by atoms with Crippen molar-refractivity contribution in [2.24, 2.45) is 0 Å². The van der Waals surface area contributed by atoms with Gasteiger partial charge in [-0.15, -0.1) is 0 Å². The Balaban J connectivity index is 1.45. The quantitative estimate of drug-likeness (QED) is 0.864. The van der Waals surface area contributed by atoms with Crippen molar-refractivity contribution in [3.8, 4) is 0 Å². The second-order valence-electron chi connectivity index (χ2n) is 5.81. The number of fused-ring (bicyclic) bond motifs is 2. The Bertz CT molecular complexity index is 616. The molecular formula is C16H17FN4. The van der Waals surface area contributed by atoms with E-state index in [0.29, 0.717) is 18.0 Å².